The van der Waals surface area contributed by atoms with Crippen LogP contribution in [0.4, 0.5) is 5.95 Å². The predicted octanol–water partition coefficient (Wildman–Crippen LogP) is 1.44. The van der Waals surface area contributed by atoms with Gasteiger partial charge >= 0.3 is 0 Å². The molecule has 2 saturated heterocycles. The lowest BCUT2D eigenvalue weighted by Gasteiger charge is -2.40. The van der Waals surface area contributed by atoms with Gasteiger partial charge in [-0.05, 0) is 51.1 Å². The summed E-state index contributed by atoms with van der Waals surface area (Å²) in [6.45, 7) is 6.80. The smallest absolute Gasteiger partial charge is 0.239 e. The summed E-state index contributed by atoms with van der Waals surface area (Å²) in [5.74, 6) is 2.38. The Hall–Kier alpha value is -3.07. The van der Waals surface area contributed by atoms with Crippen molar-refractivity contribution < 1.29 is 4.79 Å². The number of carbonyl (C=O) groups is 1. The lowest BCUT2D eigenvalue weighted by Crippen LogP contribution is -2.55. The normalized spacial score (nSPS) is 19.6. The van der Waals surface area contributed by atoms with Crippen molar-refractivity contribution in [3.05, 3.63) is 48.7 Å². The molecule has 0 bridgehead atoms. The standard InChI is InChI=1S/C22H28N8O/c1-17(21(31)28-13-15-29(16-14-28)22-23-8-4-9-24-22)27-11-6-18(7-12-27)20-26-25-19-5-2-3-10-30(19)20/h2-5,8-10,17-18H,6-7,11-16H2,1H3. The largest absolute Gasteiger partial charge is 0.338 e. The van der Waals surface area contributed by atoms with E-state index in [4.69, 9.17) is 0 Å². The van der Waals surface area contributed by atoms with Crippen LogP contribution in [0.3, 0.4) is 0 Å². The maximum atomic E-state index is 13.1. The Morgan fingerprint density at radius 2 is 1.71 bits per heavy atom. The first-order chi connectivity index (χ1) is 15.2. The second-order valence-electron chi connectivity index (χ2n) is 8.33. The Morgan fingerprint density at radius 3 is 2.45 bits per heavy atom. The first kappa shape index (κ1) is 19.9. The molecule has 9 nitrogen and oxygen atoms in total. The number of carbonyl (C=O) groups excluding carboxylic acids is 1. The highest BCUT2D eigenvalue weighted by molar-refractivity contribution is 5.81. The Bertz CT molecular complexity index is 1020. The highest BCUT2D eigenvalue weighted by atomic mass is 16.2. The SMILES string of the molecule is CC(C(=O)N1CCN(c2ncccn2)CC1)N1CCC(c2nnc3ccccn23)CC1. The third-order valence-electron chi connectivity index (χ3n) is 6.57. The molecule has 5 heterocycles. The van der Waals surface area contributed by atoms with Crippen molar-refractivity contribution in [1.29, 1.82) is 0 Å². The van der Waals surface area contributed by atoms with Crippen molar-refractivity contribution in [3.63, 3.8) is 0 Å². The molecule has 5 rings (SSSR count). The number of hydrogen-bond donors (Lipinski definition) is 0. The predicted molar refractivity (Wildman–Crippen MR) is 117 cm³/mol. The topological polar surface area (TPSA) is 82.8 Å². The van der Waals surface area contributed by atoms with Crippen LogP contribution < -0.4 is 4.90 Å². The van der Waals surface area contributed by atoms with Gasteiger partial charge in [0, 0.05) is 50.7 Å². The van der Waals surface area contributed by atoms with Crippen molar-refractivity contribution in [1.82, 2.24) is 34.4 Å². The highest BCUT2D eigenvalue weighted by Gasteiger charge is 2.32. The molecule has 1 atom stereocenters. The summed E-state index contributed by atoms with van der Waals surface area (Å²) >= 11 is 0. The van der Waals surface area contributed by atoms with Gasteiger partial charge in [0.1, 0.15) is 5.82 Å². The molecule has 9 heteroatoms. The molecule has 3 aromatic rings. The number of piperidine rings is 1. The van der Waals surface area contributed by atoms with E-state index in [1.165, 1.54) is 0 Å². The number of nitrogens with zero attached hydrogens (tertiary/aromatic N) is 8. The Kier molecular flexibility index (Phi) is 5.50. The number of anilines is 1. The van der Waals surface area contributed by atoms with Crippen LogP contribution >= 0.6 is 0 Å². The average Bonchev–Trinajstić information content (AvgIpc) is 3.28. The van der Waals surface area contributed by atoms with Gasteiger partial charge in [-0.3, -0.25) is 14.1 Å². The molecular weight excluding hydrogens is 392 g/mol. The molecule has 162 valence electrons. The van der Waals surface area contributed by atoms with Crippen molar-refractivity contribution in [2.75, 3.05) is 44.2 Å². The molecule has 2 fully saturated rings. The van der Waals surface area contributed by atoms with Gasteiger partial charge in [0.2, 0.25) is 11.9 Å². The Balaban J connectivity index is 1.15. The molecule has 0 N–H and O–H groups in total. The van der Waals surface area contributed by atoms with Gasteiger partial charge in [-0.15, -0.1) is 10.2 Å². The lowest BCUT2D eigenvalue weighted by atomic mass is 9.95. The van der Waals surface area contributed by atoms with Gasteiger partial charge in [0.25, 0.3) is 0 Å². The minimum Gasteiger partial charge on any atom is -0.338 e. The van der Waals surface area contributed by atoms with Crippen LogP contribution in [0.15, 0.2) is 42.9 Å². The first-order valence-electron chi connectivity index (χ1n) is 11.0. The van der Waals surface area contributed by atoms with Gasteiger partial charge in [0.15, 0.2) is 5.65 Å². The zero-order valence-corrected chi connectivity index (χ0v) is 17.8. The van der Waals surface area contributed by atoms with Crippen LogP contribution in [-0.4, -0.2) is 85.6 Å². The molecule has 0 saturated carbocycles. The van der Waals surface area contributed by atoms with E-state index in [0.29, 0.717) is 19.0 Å². The second kappa shape index (κ2) is 8.58. The number of pyridine rings is 1. The number of likely N-dealkylation sites (tertiary alicyclic amines) is 1. The minimum absolute atomic E-state index is 0.101. The summed E-state index contributed by atoms with van der Waals surface area (Å²) in [6, 6.07) is 7.70. The summed E-state index contributed by atoms with van der Waals surface area (Å²) in [6.07, 6.45) is 7.53. The molecule has 0 aliphatic carbocycles. The Labute approximate surface area is 181 Å². The van der Waals surface area contributed by atoms with Crippen molar-refractivity contribution in [2.45, 2.75) is 31.7 Å². The maximum Gasteiger partial charge on any atom is 0.239 e. The quantitative estimate of drug-likeness (QED) is 0.632. The van der Waals surface area contributed by atoms with Gasteiger partial charge in [0.05, 0.1) is 6.04 Å². The van der Waals surface area contributed by atoms with Crippen LogP contribution in [0.1, 0.15) is 31.5 Å². The molecule has 31 heavy (non-hydrogen) atoms. The molecule has 2 aliphatic heterocycles. The lowest BCUT2D eigenvalue weighted by molar-refractivity contribution is -0.137. The van der Waals surface area contributed by atoms with E-state index >= 15 is 0 Å². The second-order valence-corrected chi connectivity index (χ2v) is 8.33. The molecule has 1 unspecified atom stereocenters. The van der Waals surface area contributed by atoms with E-state index < -0.39 is 0 Å². The number of rotatable bonds is 4. The summed E-state index contributed by atoms with van der Waals surface area (Å²) in [4.78, 5) is 28.2. The molecule has 0 aromatic carbocycles. The van der Waals surface area contributed by atoms with E-state index in [1.54, 1.807) is 12.4 Å². The number of amides is 1. The Morgan fingerprint density at radius 1 is 0.968 bits per heavy atom. The fourth-order valence-corrected chi connectivity index (χ4v) is 4.68. The van der Waals surface area contributed by atoms with E-state index in [9.17, 15) is 4.79 Å². The zero-order chi connectivity index (χ0) is 21.2. The summed E-state index contributed by atoms with van der Waals surface area (Å²) < 4.78 is 2.09. The van der Waals surface area contributed by atoms with Gasteiger partial charge in [-0.2, -0.15) is 0 Å². The summed E-state index contributed by atoms with van der Waals surface area (Å²) in [5.41, 5.74) is 0.892. The molecule has 0 radical (unpaired) electrons. The molecule has 1 amide bonds. The average molecular weight is 421 g/mol. The number of fused-ring (bicyclic) bond motifs is 1. The fourth-order valence-electron chi connectivity index (χ4n) is 4.68. The van der Waals surface area contributed by atoms with Gasteiger partial charge < -0.3 is 9.80 Å². The monoisotopic (exact) mass is 420 g/mol. The van der Waals surface area contributed by atoms with Crippen LogP contribution in [0, 0.1) is 0 Å². The third kappa shape index (κ3) is 3.97. The maximum absolute atomic E-state index is 13.1. The summed E-state index contributed by atoms with van der Waals surface area (Å²) in [7, 11) is 0. The molecular formula is C22H28N8O. The van der Waals surface area contributed by atoms with Crippen molar-refractivity contribution in [3.8, 4) is 0 Å². The van der Waals surface area contributed by atoms with E-state index in [1.807, 2.05) is 42.3 Å². The van der Waals surface area contributed by atoms with Crippen LogP contribution in [0.25, 0.3) is 5.65 Å². The van der Waals surface area contributed by atoms with Crippen LogP contribution in [0.5, 0.6) is 0 Å². The van der Waals surface area contributed by atoms with Crippen LogP contribution in [-0.2, 0) is 4.79 Å². The van der Waals surface area contributed by atoms with E-state index in [2.05, 4.69) is 34.4 Å². The van der Waals surface area contributed by atoms with E-state index in [0.717, 1.165) is 56.4 Å². The van der Waals surface area contributed by atoms with Crippen LogP contribution in [0.2, 0.25) is 0 Å². The fraction of sp³-hybridized carbons (Fsp3) is 0.500. The molecule has 0 spiro atoms. The summed E-state index contributed by atoms with van der Waals surface area (Å²) in [5, 5.41) is 8.72. The van der Waals surface area contributed by atoms with Crippen molar-refractivity contribution >= 4 is 17.5 Å². The van der Waals surface area contributed by atoms with Gasteiger partial charge in [-0.1, -0.05) is 6.07 Å². The zero-order valence-electron chi connectivity index (χ0n) is 17.8. The molecule has 2 aliphatic rings. The number of hydrogen-bond acceptors (Lipinski definition) is 7. The van der Waals surface area contributed by atoms with Gasteiger partial charge in [-0.25, -0.2) is 9.97 Å². The van der Waals surface area contributed by atoms with E-state index in [-0.39, 0.29) is 11.9 Å². The molecule has 3 aromatic heterocycles. The first-order valence-corrected chi connectivity index (χ1v) is 11.0. The number of aromatic nitrogens is 5. The van der Waals surface area contributed by atoms with Crippen molar-refractivity contribution in [2.24, 2.45) is 0 Å². The number of piperazine rings is 1. The minimum atomic E-state index is -0.101. The highest BCUT2D eigenvalue weighted by Crippen LogP contribution is 2.28. The third-order valence-corrected chi connectivity index (χ3v) is 6.57.